The largest absolute Gasteiger partial charge is 0.322 e. The summed E-state index contributed by atoms with van der Waals surface area (Å²) in [6, 6.07) is 15.6. The number of non-ortho nitro benzene ring substituents is 1. The average Bonchev–Trinajstić information content (AvgIpc) is 3.09. The number of anilines is 2. The topological polar surface area (TPSA) is 92.6 Å². The van der Waals surface area contributed by atoms with Gasteiger partial charge in [0.1, 0.15) is 5.82 Å². The zero-order valence-electron chi connectivity index (χ0n) is 17.0. The van der Waals surface area contributed by atoms with E-state index in [1.165, 1.54) is 59.5 Å². The predicted octanol–water partition coefficient (Wildman–Crippen LogP) is 6.05. The van der Waals surface area contributed by atoms with Crippen LogP contribution in [0.25, 0.3) is 6.08 Å². The van der Waals surface area contributed by atoms with Crippen LogP contribution in [0.2, 0.25) is 5.02 Å². The van der Waals surface area contributed by atoms with E-state index in [4.69, 9.17) is 23.8 Å². The third kappa shape index (κ3) is 4.98. The van der Waals surface area contributed by atoms with E-state index >= 15 is 0 Å². The Morgan fingerprint density at radius 3 is 2.59 bits per heavy atom. The molecule has 1 N–H and O–H groups in total. The molecule has 0 atom stereocenters. The summed E-state index contributed by atoms with van der Waals surface area (Å²) in [6.07, 6.45) is 1.44. The van der Waals surface area contributed by atoms with E-state index in [-0.39, 0.29) is 25.5 Å². The van der Waals surface area contributed by atoms with E-state index in [1.54, 1.807) is 18.2 Å². The van der Waals surface area contributed by atoms with Crippen LogP contribution in [0.5, 0.6) is 0 Å². The third-order valence-electron chi connectivity index (χ3n) is 4.74. The fourth-order valence-corrected chi connectivity index (χ4v) is 4.57. The Morgan fingerprint density at radius 1 is 1.15 bits per heavy atom. The molecule has 170 valence electrons. The van der Waals surface area contributed by atoms with Crippen molar-refractivity contribution >= 4 is 74.9 Å². The zero-order valence-corrected chi connectivity index (χ0v) is 19.4. The standard InChI is InChI=1S/C23H13ClFN3O4S2/c24-19-9-8-18(28(31)32)11-14(19)12-20-22(30)27(23(33)34-20)17-3-1-2-13(10-17)21(29)26-16-6-4-15(25)5-7-16/h1-12H,(H,26,29)/b20-12+. The first-order chi connectivity index (χ1) is 16.2. The molecule has 0 bridgehead atoms. The summed E-state index contributed by atoms with van der Waals surface area (Å²) in [5.74, 6) is -1.32. The van der Waals surface area contributed by atoms with Gasteiger partial charge in [-0.1, -0.05) is 41.6 Å². The van der Waals surface area contributed by atoms with Crippen LogP contribution < -0.4 is 10.2 Å². The van der Waals surface area contributed by atoms with Crippen LogP contribution in [-0.4, -0.2) is 21.1 Å². The van der Waals surface area contributed by atoms with Gasteiger partial charge in [0.05, 0.1) is 15.5 Å². The summed E-state index contributed by atoms with van der Waals surface area (Å²) in [4.78, 5) is 37.7. The molecule has 3 aromatic rings. The van der Waals surface area contributed by atoms with E-state index < -0.39 is 22.6 Å². The smallest absolute Gasteiger partial charge is 0.270 e. The van der Waals surface area contributed by atoms with Gasteiger partial charge in [-0.15, -0.1) is 0 Å². The monoisotopic (exact) mass is 513 g/mol. The number of nitrogens with zero attached hydrogens (tertiary/aromatic N) is 2. The molecule has 0 aliphatic carbocycles. The number of nitro benzene ring substituents is 1. The number of nitro groups is 1. The first kappa shape index (κ1) is 23.6. The maximum Gasteiger partial charge on any atom is 0.270 e. The minimum Gasteiger partial charge on any atom is -0.322 e. The highest BCUT2D eigenvalue weighted by Crippen LogP contribution is 2.37. The summed E-state index contributed by atoms with van der Waals surface area (Å²) in [5, 5.41) is 14.0. The van der Waals surface area contributed by atoms with Crippen LogP contribution in [0.4, 0.5) is 21.5 Å². The van der Waals surface area contributed by atoms with Crippen LogP contribution in [0.3, 0.4) is 0 Å². The molecule has 1 fully saturated rings. The van der Waals surface area contributed by atoms with E-state index in [2.05, 4.69) is 5.32 Å². The molecule has 3 aromatic carbocycles. The number of halogens is 2. The minimum atomic E-state index is -0.554. The molecular weight excluding hydrogens is 501 g/mol. The van der Waals surface area contributed by atoms with Gasteiger partial charge >= 0.3 is 0 Å². The second-order valence-electron chi connectivity index (χ2n) is 6.99. The molecular formula is C23H13ClFN3O4S2. The summed E-state index contributed by atoms with van der Waals surface area (Å²) in [6.45, 7) is 0. The summed E-state index contributed by atoms with van der Waals surface area (Å²) in [5.41, 5.74) is 1.21. The van der Waals surface area contributed by atoms with Crippen LogP contribution in [-0.2, 0) is 4.79 Å². The lowest BCUT2D eigenvalue weighted by molar-refractivity contribution is -0.384. The van der Waals surface area contributed by atoms with Crippen molar-refractivity contribution in [3.63, 3.8) is 0 Å². The predicted molar refractivity (Wildman–Crippen MR) is 135 cm³/mol. The molecule has 1 heterocycles. The Balaban J connectivity index is 1.59. The molecule has 0 aromatic heterocycles. The quantitative estimate of drug-likeness (QED) is 0.193. The molecule has 0 saturated carbocycles. The van der Waals surface area contributed by atoms with E-state index in [1.807, 2.05) is 0 Å². The Labute approximate surface area is 207 Å². The molecule has 1 saturated heterocycles. The lowest BCUT2D eigenvalue weighted by Gasteiger charge is -2.15. The fourth-order valence-electron chi connectivity index (χ4n) is 3.11. The Hall–Kier alpha value is -3.60. The Morgan fingerprint density at radius 2 is 1.88 bits per heavy atom. The van der Waals surface area contributed by atoms with Gasteiger partial charge in [-0.2, -0.15) is 0 Å². The van der Waals surface area contributed by atoms with E-state index in [0.29, 0.717) is 16.9 Å². The van der Waals surface area contributed by atoms with Crippen molar-refractivity contribution in [2.45, 2.75) is 0 Å². The maximum atomic E-state index is 13.1. The van der Waals surface area contributed by atoms with Crippen molar-refractivity contribution in [2.75, 3.05) is 10.2 Å². The molecule has 4 rings (SSSR count). The lowest BCUT2D eigenvalue weighted by atomic mass is 10.1. The second kappa shape index (κ2) is 9.72. The number of rotatable bonds is 5. The van der Waals surface area contributed by atoms with Gasteiger partial charge in [0.15, 0.2) is 4.32 Å². The first-order valence-electron chi connectivity index (χ1n) is 9.62. The average molecular weight is 514 g/mol. The van der Waals surface area contributed by atoms with Crippen molar-refractivity contribution in [1.82, 2.24) is 0 Å². The van der Waals surface area contributed by atoms with Gasteiger partial charge in [-0.05, 0) is 54.6 Å². The highest BCUT2D eigenvalue weighted by Gasteiger charge is 2.34. The van der Waals surface area contributed by atoms with Gasteiger partial charge in [0.2, 0.25) is 0 Å². The molecule has 2 amide bonds. The van der Waals surface area contributed by atoms with Gasteiger partial charge in [-0.25, -0.2) is 4.39 Å². The van der Waals surface area contributed by atoms with Crippen molar-refractivity contribution < 1.29 is 18.9 Å². The fraction of sp³-hybridized carbons (Fsp3) is 0. The molecule has 7 nitrogen and oxygen atoms in total. The van der Waals surface area contributed by atoms with Crippen LogP contribution >= 0.6 is 35.6 Å². The third-order valence-corrected chi connectivity index (χ3v) is 6.39. The normalized spacial score (nSPS) is 14.5. The minimum absolute atomic E-state index is 0.161. The Kier molecular flexibility index (Phi) is 6.73. The molecule has 0 radical (unpaired) electrons. The molecule has 0 unspecified atom stereocenters. The highest BCUT2D eigenvalue weighted by molar-refractivity contribution is 8.27. The van der Waals surface area contributed by atoms with Crippen molar-refractivity contribution in [2.24, 2.45) is 0 Å². The summed E-state index contributed by atoms with van der Waals surface area (Å²) in [7, 11) is 0. The molecule has 1 aliphatic rings. The van der Waals surface area contributed by atoms with Crippen LogP contribution in [0.15, 0.2) is 71.6 Å². The highest BCUT2D eigenvalue weighted by atomic mass is 35.5. The van der Waals surface area contributed by atoms with E-state index in [0.717, 1.165) is 11.8 Å². The van der Waals surface area contributed by atoms with Crippen molar-refractivity contribution in [1.29, 1.82) is 0 Å². The van der Waals surface area contributed by atoms with Crippen LogP contribution in [0, 0.1) is 15.9 Å². The zero-order chi connectivity index (χ0) is 24.4. The number of hydrogen-bond donors (Lipinski definition) is 1. The lowest BCUT2D eigenvalue weighted by Crippen LogP contribution is -2.27. The van der Waals surface area contributed by atoms with E-state index in [9.17, 15) is 24.1 Å². The maximum absolute atomic E-state index is 13.1. The Bertz CT molecular complexity index is 1380. The number of hydrogen-bond acceptors (Lipinski definition) is 6. The van der Waals surface area contributed by atoms with Gasteiger partial charge in [0, 0.05) is 34.0 Å². The first-order valence-corrected chi connectivity index (χ1v) is 11.2. The van der Waals surface area contributed by atoms with Crippen molar-refractivity contribution in [3.8, 4) is 0 Å². The number of amides is 2. The van der Waals surface area contributed by atoms with Crippen LogP contribution in [0.1, 0.15) is 15.9 Å². The number of carbonyl (C=O) groups excluding carboxylic acids is 2. The number of benzene rings is 3. The number of carbonyl (C=O) groups is 2. The molecule has 1 aliphatic heterocycles. The van der Waals surface area contributed by atoms with Gasteiger partial charge in [0.25, 0.3) is 17.5 Å². The van der Waals surface area contributed by atoms with Gasteiger partial charge < -0.3 is 5.32 Å². The molecule has 34 heavy (non-hydrogen) atoms. The molecule has 11 heteroatoms. The summed E-state index contributed by atoms with van der Waals surface area (Å²) >= 11 is 12.5. The SMILES string of the molecule is O=C(Nc1ccc(F)cc1)c1cccc(N2C(=O)/C(=C\c3cc([N+](=O)[O-])ccc3Cl)SC2=S)c1. The number of thioether (sulfide) groups is 1. The number of thiocarbonyl (C=S) groups is 1. The number of nitrogens with one attached hydrogen (secondary N) is 1. The van der Waals surface area contributed by atoms with Crippen molar-refractivity contribution in [3.05, 3.63) is 104 Å². The summed E-state index contributed by atoms with van der Waals surface area (Å²) < 4.78 is 13.3. The van der Waals surface area contributed by atoms with Gasteiger partial charge in [-0.3, -0.25) is 24.6 Å². The molecule has 0 spiro atoms. The second-order valence-corrected chi connectivity index (χ2v) is 9.07.